The molecule has 0 radical (unpaired) electrons. The fourth-order valence-corrected chi connectivity index (χ4v) is 3.37. The zero-order valence-electron chi connectivity index (χ0n) is 16.8. The Hall–Kier alpha value is -3.47. The van der Waals surface area contributed by atoms with E-state index in [4.69, 9.17) is 10.8 Å². The second kappa shape index (κ2) is 11.1. The molecule has 1 aromatic carbocycles. The average Bonchev–Trinajstić information content (AvgIpc) is 3.21. The van der Waals surface area contributed by atoms with E-state index in [9.17, 15) is 29.1 Å². The Bertz CT molecular complexity index is 830. The van der Waals surface area contributed by atoms with E-state index in [1.807, 2.05) is 30.3 Å². The van der Waals surface area contributed by atoms with Crippen molar-refractivity contribution in [1.29, 1.82) is 0 Å². The molecule has 0 aliphatic carbocycles. The first-order valence-electron chi connectivity index (χ1n) is 9.80. The minimum absolute atomic E-state index is 0.160. The number of carbonyl (C=O) groups is 5. The van der Waals surface area contributed by atoms with Crippen LogP contribution in [-0.4, -0.2) is 76.0 Å². The van der Waals surface area contributed by atoms with E-state index < -0.39 is 60.8 Å². The summed E-state index contributed by atoms with van der Waals surface area (Å²) >= 11 is 0. The van der Waals surface area contributed by atoms with Crippen molar-refractivity contribution < 1.29 is 34.2 Å². The minimum Gasteiger partial charge on any atom is -0.481 e. The average molecular weight is 434 g/mol. The Morgan fingerprint density at radius 3 is 2.42 bits per heavy atom. The van der Waals surface area contributed by atoms with E-state index in [0.717, 1.165) is 10.5 Å². The number of benzene rings is 1. The molecule has 31 heavy (non-hydrogen) atoms. The van der Waals surface area contributed by atoms with Crippen LogP contribution in [0.15, 0.2) is 30.3 Å². The molecule has 0 spiro atoms. The summed E-state index contributed by atoms with van der Waals surface area (Å²) in [5, 5.41) is 22.9. The molecule has 0 aromatic heterocycles. The number of hydrogen-bond acceptors (Lipinski definition) is 6. The molecule has 3 amide bonds. The van der Waals surface area contributed by atoms with Crippen LogP contribution in [0.3, 0.4) is 0 Å². The van der Waals surface area contributed by atoms with Crippen molar-refractivity contribution in [1.82, 2.24) is 15.5 Å². The molecule has 2 rings (SSSR count). The molecule has 1 saturated heterocycles. The number of aliphatic carboxylic acids is 2. The molecule has 0 bridgehead atoms. The summed E-state index contributed by atoms with van der Waals surface area (Å²) in [6, 6.07) is 5.67. The van der Waals surface area contributed by atoms with Crippen molar-refractivity contribution in [3.63, 3.8) is 0 Å². The quantitative estimate of drug-likeness (QED) is 0.302. The van der Waals surface area contributed by atoms with Crippen LogP contribution in [0.5, 0.6) is 0 Å². The van der Waals surface area contributed by atoms with Gasteiger partial charge < -0.3 is 31.5 Å². The van der Waals surface area contributed by atoms with E-state index in [1.54, 1.807) is 0 Å². The lowest BCUT2D eigenvalue weighted by atomic mass is 10.1. The van der Waals surface area contributed by atoms with Crippen molar-refractivity contribution in [2.75, 3.05) is 13.1 Å². The molecule has 11 nitrogen and oxygen atoms in total. The number of carboxylic acids is 2. The van der Waals surface area contributed by atoms with Crippen LogP contribution in [0, 0.1) is 0 Å². The Morgan fingerprint density at radius 2 is 1.81 bits per heavy atom. The summed E-state index contributed by atoms with van der Waals surface area (Å²) in [4.78, 5) is 60.5. The minimum atomic E-state index is -1.44. The number of rotatable bonds is 10. The molecule has 1 aliphatic rings. The van der Waals surface area contributed by atoms with Gasteiger partial charge in [-0.3, -0.25) is 19.2 Å². The third-order valence-corrected chi connectivity index (χ3v) is 4.89. The van der Waals surface area contributed by atoms with Gasteiger partial charge in [-0.1, -0.05) is 30.3 Å². The van der Waals surface area contributed by atoms with Crippen molar-refractivity contribution >= 4 is 29.7 Å². The number of nitrogens with zero attached hydrogens (tertiary/aromatic N) is 1. The maximum atomic E-state index is 12.7. The van der Waals surface area contributed by atoms with E-state index in [-0.39, 0.29) is 19.4 Å². The normalized spacial score (nSPS) is 17.5. The summed E-state index contributed by atoms with van der Waals surface area (Å²) in [6.45, 7) is -0.347. The van der Waals surface area contributed by atoms with Gasteiger partial charge in [-0.2, -0.15) is 0 Å². The molecule has 168 valence electrons. The Kier molecular flexibility index (Phi) is 8.50. The molecular formula is C20H26N4O7. The number of amides is 3. The number of likely N-dealkylation sites (tertiary alicyclic amines) is 1. The van der Waals surface area contributed by atoms with Gasteiger partial charge in [0.2, 0.25) is 17.7 Å². The maximum absolute atomic E-state index is 12.7. The first-order valence-corrected chi connectivity index (χ1v) is 9.80. The van der Waals surface area contributed by atoms with Gasteiger partial charge in [0.25, 0.3) is 0 Å². The van der Waals surface area contributed by atoms with Gasteiger partial charge in [0.1, 0.15) is 12.1 Å². The monoisotopic (exact) mass is 434 g/mol. The zero-order chi connectivity index (χ0) is 23.0. The van der Waals surface area contributed by atoms with Crippen LogP contribution in [-0.2, 0) is 30.4 Å². The maximum Gasteiger partial charge on any atom is 0.326 e. The van der Waals surface area contributed by atoms with Crippen molar-refractivity contribution in [3.8, 4) is 0 Å². The van der Waals surface area contributed by atoms with Crippen LogP contribution in [0.25, 0.3) is 0 Å². The fourth-order valence-electron chi connectivity index (χ4n) is 3.37. The van der Waals surface area contributed by atoms with Crippen LogP contribution < -0.4 is 16.4 Å². The third kappa shape index (κ3) is 7.07. The lowest BCUT2D eigenvalue weighted by Crippen LogP contribution is -2.54. The van der Waals surface area contributed by atoms with E-state index in [0.29, 0.717) is 6.42 Å². The number of nitrogens with one attached hydrogen (secondary N) is 2. The van der Waals surface area contributed by atoms with Crippen LogP contribution >= 0.6 is 0 Å². The Morgan fingerprint density at radius 1 is 1.13 bits per heavy atom. The topological polar surface area (TPSA) is 179 Å². The molecule has 1 aliphatic heterocycles. The first kappa shape index (κ1) is 23.8. The molecule has 11 heteroatoms. The predicted octanol–water partition coefficient (Wildman–Crippen LogP) is -1.29. The molecule has 0 saturated carbocycles. The molecule has 3 unspecified atom stereocenters. The summed E-state index contributed by atoms with van der Waals surface area (Å²) in [6.07, 6.45) is 0.269. The SMILES string of the molecule is NC(Cc1ccccc1)C(=O)NCC(=O)NC(CC(=O)O)C(=O)N1CCCC1C(=O)O. The lowest BCUT2D eigenvalue weighted by molar-refractivity contribution is -0.150. The molecule has 1 heterocycles. The van der Waals surface area contributed by atoms with Crippen LogP contribution in [0.1, 0.15) is 24.8 Å². The number of carboxylic acid groups (broad SMARTS) is 2. The molecule has 6 N–H and O–H groups in total. The number of carbonyl (C=O) groups excluding carboxylic acids is 3. The largest absolute Gasteiger partial charge is 0.481 e. The second-order valence-corrected chi connectivity index (χ2v) is 7.26. The van der Waals surface area contributed by atoms with E-state index in [2.05, 4.69) is 10.6 Å². The number of hydrogen-bond donors (Lipinski definition) is 5. The van der Waals surface area contributed by atoms with Crippen LogP contribution in [0.4, 0.5) is 0 Å². The smallest absolute Gasteiger partial charge is 0.326 e. The summed E-state index contributed by atoms with van der Waals surface area (Å²) < 4.78 is 0. The molecule has 3 atom stereocenters. The summed E-state index contributed by atoms with van der Waals surface area (Å²) in [7, 11) is 0. The Balaban J connectivity index is 1.91. The molecular weight excluding hydrogens is 408 g/mol. The fraction of sp³-hybridized carbons (Fsp3) is 0.450. The standard InChI is InChI=1S/C20H26N4O7/c21-13(9-12-5-2-1-3-6-12)18(28)22-11-16(25)23-14(10-17(26)27)19(29)24-8-4-7-15(24)20(30)31/h1-3,5-6,13-15H,4,7-11,21H2,(H,22,28)(H,23,25)(H,26,27)(H,30,31). The van der Waals surface area contributed by atoms with Crippen molar-refractivity contribution in [2.24, 2.45) is 5.73 Å². The zero-order valence-corrected chi connectivity index (χ0v) is 16.8. The van der Waals surface area contributed by atoms with Gasteiger partial charge in [-0.15, -0.1) is 0 Å². The van der Waals surface area contributed by atoms with Crippen molar-refractivity contribution in [2.45, 2.75) is 43.8 Å². The number of nitrogens with two attached hydrogens (primary N) is 1. The summed E-state index contributed by atoms with van der Waals surface area (Å²) in [5.74, 6) is -4.67. The van der Waals surface area contributed by atoms with Gasteiger partial charge in [-0.05, 0) is 24.8 Å². The lowest BCUT2D eigenvalue weighted by Gasteiger charge is -2.26. The van der Waals surface area contributed by atoms with E-state index in [1.165, 1.54) is 0 Å². The van der Waals surface area contributed by atoms with Gasteiger partial charge in [-0.25, -0.2) is 4.79 Å². The highest BCUT2D eigenvalue weighted by Crippen LogP contribution is 2.19. The highest BCUT2D eigenvalue weighted by Gasteiger charge is 2.38. The second-order valence-electron chi connectivity index (χ2n) is 7.26. The highest BCUT2D eigenvalue weighted by atomic mass is 16.4. The molecule has 1 fully saturated rings. The van der Waals surface area contributed by atoms with Gasteiger partial charge in [0.05, 0.1) is 19.0 Å². The van der Waals surface area contributed by atoms with Gasteiger partial charge >= 0.3 is 11.9 Å². The van der Waals surface area contributed by atoms with Crippen molar-refractivity contribution in [3.05, 3.63) is 35.9 Å². The first-order chi connectivity index (χ1) is 14.7. The summed E-state index contributed by atoms with van der Waals surface area (Å²) in [5.41, 5.74) is 6.69. The van der Waals surface area contributed by atoms with Gasteiger partial charge in [0.15, 0.2) is 0 Å². The predicted molar refractivity (Wildman–Crippen MR) is 108 cm³/mol. The highest BCUT2D eigenvalue weighted by molar-refractivity contribution is 5.94. The molecule has 1 aromatic rings. The van der Waals surface area contributed by atoms with E-state index >= 15 is 0 Å². The van der Waals surface area contributed by atoms with Gasteiger partial charge in [0, 0.05) is 6.54 Å². The third-order valence-electron chi connectivity index (χ3n) is 4.89. The van der Waals surface area contributed by atoms with Crippen LogP contribution in [0.2, 0.25) is 0 Å². The Labute approximate surface area is 178 Å².